The van der Waals surface area contributed by atoms with Crippen molar-refractivity contribution in [1.82, 2.24) is 10.6 Å². The van der Waals surface area contributed by atoms with Crippen LogP contribution in [0, 0.1) is 23.2 Å². The van der Waals surface area contributed by atoms with Crippen LogP contribution in [-0.4, -0.2) is 30.7 Å². The van der Waals surface area contributed by atoms with Gasteiger partial charge in [-0.05, 0) is 80.5 Å². The SMILES string of the molecule is O=C(CNC(=O)C12CC3CC(CC(C3)C1)C2)NCCSc1ccc(Cl)cc1. The lowest BCUT2D eigenvalue weighted by atomic mass is 9.49. The van der Waals surface area contributed by atoms with E-state index in [4.69, 9.17) is 11.6 Å². The van der Waals surface area contributed by atoms with E-state index in [0.29, 0.717) is 6.54 Å². The maximum Gasteiger partial charge on any atom is 0.239 e. The van der Waals surface area contributed by atoms with Gasteiger partial charge in [0, 0.05) is 27.6 Å². The zero-order chi connectivity index (χ0) is 18.9. The molecular weight excluding hydrogens is 380 g/mol. The van der Waals surface area contributed by atoms with E-state index in [0.717, 1.165) is 52.7 Å². The first kappa shape index (κ1) is 19.1. The summed E-state index contributed by atoms with van der Waals surface area (Å²) in [7, 11) is 0. The second-order valence-corrected chi connectivity index (χ2v) is 10.1. The maximum absolute atomic E-state index is 12.8. The molecule has 27 heavy (non-hydrogen) atoms. The number of hydrogen-bond acceptors (Lipinski definition) is 3. The molecule has 4 aliphatic carbocycles. The van der Waals surface area contributed by atoms with E-state index in [9.17, 15) is 9.59 Å². The summed E-state index contributed by atoms with van der Waals surface area (Å²) in [6.07, 6.45) is 7.05. The number of carbonyl (C=O) groups excluding carboxylic acids is 2. The summed E-state index contributed by atoms with van der Waals surface area (Å²) in [4.78, 5) is 26.0. The van der Waals surface area contributed by atoms with Crippen LogP contribution >= 0.6 is 23.4 Å². The number of amides is 2. The average Bonchev–Trinajstić information content (AvgIpc) is 2.63. The molecule has 4 bridgehead atoms. The van der Waals surface area contributed by atoms with Gasteiger partial charge in [0.05, 0.1) is 6.54 Å². The second kappa shape index (κ2) is 8.04. The third-order valence-corrected chi connectivity index (χ3v) is 7.70. The molecule has 146 valence electrons. The highest BCUT2D eigenvalue weighted by molar-refractivity contribution is 7.99. The quantitative estimate of drug-likeness (QED) is 0.533. The molecule has 0 aromatic heterocycles. The van der Waals surface area contributed by atoms with Crippen LogP contribution < -0.4 is 10.6 Å². The topological polar surface area (TPSA) is 58.2 Å². The zero-order valence-electron chi connectivity index (χ0n) is 15.5. The van der Waals surface area contributed by atoms with Gasteiger partial charge in [-0.15, -0.1) is 11.8 Å². The molecule has 4 nitrogen and oxygen atoms in total. The number of carbonyl (C=O) groups is 2. The first-order valence-electron chi connectivity index (χ1n) is 9.96. The highest BCUT2D eigenvalue weighted by Gasteiger charge is 2.54. The molecule has 4 saturated carbocycles. The Labute approximate surface area is 170 Å². The molecule has 0 atom stereocenters. The zero-order valence-corrected chi connectivity index (χ0v) is 17.1. The Kier molecular flexibility index (Phi) is 5.70. The monoisotopic (exact) mass is 406 g/mol. The predicted octanol–water partition coefficient (Wildman–Crippen LogP) is 3.88. The summed E-state index contributed by atoms with van der Waals surface area (Å²) in [6.45, 7) is 0.672. The van der Waals surface area contributed by atoms with Crippen molar-refractivity contribution in [2.24, 2.45) is 23.2 Å². The second-order valence-electron chi connectivity index (χ2n) is 8.53. The van der Waals surface area contributed by atoms with Crippen molar-refractivity contribution in [3.05, 3.63) is 29.3 Å². The van der Waals surface area contributed by atoms with Crippen molar-refractivity contribution in [2.75, 3.05) is 18.8 Å². The van der Waals surface area contributed by atoms with Crippen LogP contribution in [0.1, 0.15) is 38.5 Å². The molecule has 5 rings (SSSR count). The minimum atomic E-state index is -0.181. The van der Waals surface area contributed by atoms with Gasteiger partial charge in [0.25, 0.3) is 0 Å². The van der Waals surface area contributed by atoms with Crippen molar-refractivity contribution in [1.29, 1.82) is 0 Å². The molecule has 1 aromatic carbocycles. The summed E-state index contributed by atoms with van der Waals surface area (Å²) in [5.74, 6) is 3.01. The summed E-state index contributed by atoms with van der Waals surface area (Å²) >= 11 is 7.55. The largest absolute Gasteiger partial charge is 0.354 e. The third kappa shape index (κ3) is 4.45. The Bertz CT molecular complexity index is 671. The number of benzene rings is 1. The van der Waals surface area contributed by atoms with Crippen LogP contribution in [0.2, 0.25) is 5.02 Å². The molecule has 2 N–H and O–H groups in total. The molecule has 0 unspecified atom stereocenters. The fraction of sp³-hybridized carbons (Fsp3) is 0.619. The predicted molar refractivity (Wildman–Crippen MR) is 109 cm³/mol. The number of halogens is 1. The smallest absolute Gasteiger partial charge is 0.239 e. The van der Waals surface area contributed by atoms with E-state index >= 15 is 0 Å². The van der Waals surface area contributed by atoms with Gasteiger partial charge in [0.2, 0.25) is 11.8 Å². The molecule has 0 radical (unpaired) electrons. The molecule has 6 heteroatoms. The number of thioether (sulfide) groups is 1. The third-order valence-electron chi connectivity index (χ3n) is 6.44. The standard InChI is InChI=1S/C21H27ClN2O2S/c22-17-1-3-18(4-2-17)27-6-5-23-19(25)13-24-20(26)21-10-14-7-15(11-21)9-16(8-14)12-21/h1-4,14-16H,5-13H2,(H,23,25)(H,24,26). The molecule has 4 aliphatic rings. The van der Waals surface area contributed by atoms with Crippen LogP contribution in [-0.2, 0) is 9.59 Å². The Morgan fingerprint density at radius 1 is 1.00 bits per heavy atom. The van der Waals surface area contributed by atoms with E-state index in [2.05, 4.69) is 10.6 Å². The van der Waals surface area contributed by atoms with Gasteiger partial charge in [-0.3, -0.25) is 9.59 Å². The van der Waals surface area contributed by atoms with Crippen LogP contribution in [0.25, 0.3) is 0 Å². The van der Waals surface area contributed by atoms with Crippen molar-refractivity contribution in [2.45, 2.75) is 43.4 Å². The number of rotatable bonds is 7. The molecule has 0 spiro atoms. The van der Waals surface area contributed by atoms with E-state index < -0.39 is 0 Å². The van der Waals surface area contributed by atoms with E-state index in [1.54, 1.807) is 11.8 Å². The van der Waals surface area contributed by atoms with Gasteiger partial charge in [-0.25, -0.2) is 0 Å². The van der Waals surface area contributed by atoms with Crippen LogP contribution in [0.15, 0.2) is 29.2 Å². The molecule has 2 amide bonds. The summed E-state index contributed by atoms with van der Waals surface area (Å²) in [5.41, 5.74) is -0.181. The first-order chi connectivity index (χ1) is 13.0. The minimum absolute atomic E-state index is 0.0895. The van der Waals surface area contributed by atoms with Crippen molar-refractivity contribution >= 4 is 35.2 Å². The van der Waals surface area contributed by atoms with E-state index in [1.165, 1.54) is 19.3 Å². The Balaban J connectivity index is 1.17. The first-order valence-corrected chi connectivity index (χ1v) is 11.3. The Morgan fingerprint density at radius 2 is 1.59 bits per heavy atom. The van der Waals surface area contributed by atoms with Crippen LogP contribution in [0.3, 0.4) is 0 Å². The van der Waals surface area contributed by atoms with Crippen molar-refractivity contribution < 1.29 is 9.59 Å². The molecule has 4 fully saturated rings. The fourth-order valence-electron chi connectivity index (χ4n) is 5.69. The van der Waals surface area contributed by atoms with Crippen LogP contribution in [0.4, 0.5) is 0 Å². The molecule has 0 saturated heterocycles. The molecule has 1 aromatic rings. The number of nitrogens with one attached hydrogen (secondary N) is 2. The molecule has 0 heterocycles. The summed E-state index contributed by atoms with van der Waals surface area (Å²) in [6, 6.07) is 7.67. The highest BCUT2D eigenvalue weighted by atomic mass is 35.5. The molecule has 0 aliphatic heterocycles. The summed E-state index contributed by atoms with van der Waals surface area (Å²) in [5, 5.41) is 6.55. The Morgan fingerprint density at radius 3 is 2.19 bits per heavy atom. The molecular formula is C21H27ClN2O2S. The van der Waals surface area contributed by atoms with Crippen molar-refractivity contribution in [3.8, 4) is 0 Å². The normalized spacial score (nSPS) is 30.9. The van der Waals surface area contributed by atoms with Crippen LogP contribution in [0.5, 0.6) is 0 Å². The van der Waals surface area contributed by atoms with Gasteiger partial charge in [0.1, 0.15) is 0 Å². The maximum atomic E-state index is 12.8. The number of hydrogen-bond donors (Lipinski definition) is 2. The minimum Gasteiger partial charge on any atom is -0.354 e. The van der Waals surface area contributed by atoms with Gasteiger partial charge < -0.3 is 10.6 Å². The lowest BCUT2D eigenvalue weighted by molar-refractivity contribution is -0.147. The lowest BCUT2D eigenvalue weighted by Gasteiger charge is -2.55. The average molecular weight is 407 g/mol. The van der Waals surface area contributed by atoms with E-state index in [1.807, 2.05) is 24.3 Å². The van der Waals surface area contributed by atoms with Gasteiger partial charge in [0.15, 0.2) is 0 Å². The highest BCUT2D eigenvalue weighted by Crippen LogP contribution is 2.60. The lowest BCUT2D eigenvalue weighted by Crippen LogP contribution is -2.54. The van der Waals surface area contributed by atoms with Crippen molar-refractivity contribution in [3.63, 3.8) is 0 Å². The fourth-order valence-corrected chi connectivity index (χ4v) is 6.58. The summed E-state index contributed by atoms with van der Waals surface area (Å²) < 4.78 is 0. The van der Waals surface area contributed by atoms with E-state index in [-0.39, 0.29) is 23.8 Å². The van der Waals surface area contributed by atoms with Gasteiger partial charge >= 0.3 is 0 Å². The van der Waals surface area contributed by atoms with Gasteiger partial charge in [-0.1, -0.05) is 11.6 Å². The van der Waals surface area contributed by atoms with Gasteiger partial charge in [-0.2, -0.15) is 0 Å². The Hall–Kier alpha value is -1.20.